The van der Waals surface area contributed by atoms with E-state index in [0.717, 1.165) is 13.2 Å². The Morgan fingerprint density at radius 3 is 1.64 bits per heavy atom. The lowest BCUT2D eigenvalue weighted by molar-refractivity contribution is 0.144. The van der Waals surface area contributed by atoms with E-state index < -0.39 is 0 Å². The van der Waals surface area contributed by atoms with Crippen LogP contribution in [0.5, 0.6) is 0 Å². The molecule has 1 N–H and O–H groups in total. The molecule has 0 unspecified atom stereocenters. The normalized spacial score (nSPS) is 24.0. The summed E-state index contributed by atoms with van der Waals surface area (Å²) in [6, 6.07) is 0. The van der Waals surface area contributed by atoms with E-state index in [1.54, 1.807) is 0 Å². The van der Waals surface area contributed by atoms with Crippen molar-refractivity contribution in [3.63, 3.8) is 0 Å². The number of rotatable bonds is 0. The van der Waals surface area contributed by atoms with Gasteiger partial charge in [-0.1, -0.05) is 25.7 Å². The fraction of sp³-hybridized carbons (Fsp3) is 1.00. The largest absolute Gasteiger partial charge is 0.381 e. The van der Waals surface area contributed by atoms with Crippen molar-refractivity contribution in [1.29, 1.82) is 0 Å². The average molecular weight is 199 g/mol. The lowest BCUT2D eigenvalue weighted by atomic mass is 10.2. The van der Waals surface area contributed by atoms with E-state index >= 15 is 0 Å². The van der Waals surface area contributed by atoms with E-state index in [-0.39, 0.29) is 0 Å². The molecule has 0 amide bonds. The summed E-state index contributed by atoms with van der Waals surface area (Å²) < 4.78 is 5.19. The molecule has 84 valence electrons. The van der Waals surface area contributed by atoms with Gasteiger partial charge in [0.1, 0.15) is 0 Å². The number of hydrogen-bond acceptors (Lipinski definition) is 2. The molecule has 0 aromatic heterocycles. The van der Waals surface area contributed by atoms with Crippen LogP contribution in [0, 0.1) is 0 Å². The number of ether oxygens (including phenoxy) is 1. The van der Waals surface area contributed by atoms with Gasteiger partial charge >= 0.3 is 0 Å². The summed E-state index contributed by atoms with van der Waals surface area (Å²) in [6.45, 7) is 4.50. The maximum absolute atomic E-state index is 5.19. The van der Waals surface area contributed by atoms with Crippen LogP contribution in [0.25, 0.3) is 0 Å². The quantitative estimate of drug-likeness (QED) is 0.647. The summed E-state index contributed by atoms with van der Waals surface area (Å²) in [5.74, 6) is 0. The SMILES string of the molecule is C1CCCNCC1.C1CCCOCC1. The third-order valence-electron chi connectivity index (χ3n) is 2.78. The summed E-state index contributed by atoms with van der Waals surface area (Å²) in [5.41, 5.74) is 0. The van der Waals surface area contributed by atoms with Crippen LogP contribution in [0.2, 0.25) is 0 Å². The van der Waals surface area contributed by atoms with E-state index in [9.17, 15) is 0 Å². The molecule has 2 nitrogen and oxygen atoms in total. The van der Waals surface area contributed by atoms with Crippen LogP contribution in [0.1, 0.15) is 51.4 Å². The van der Waals surface area contributed by atoms with E-state index in [1.165, 1.54) is 64.5 Å². The van der Waals surface area contributed by atoms with Gasteiger partial charge in [0.05, 0.1) is 0 Å². The van der Waals surface area contributed by atoms with Crippen molar-refractivity contribution >= 4 is 0 Å². The molecule has 0 bridgehead atoms. The van der Waals surface area contributed by atoms with Gasteiger partial charge < -0.3 is 10.1 Å². The Morgan fingerprint density at radius 1 is 0.571 bits per heavy atom. The smallest absolute Gasteiger partial charge is 0.0466 e. The molecule has 2 rings (SSSR count). The number of hydrogen-bond donors (Lipinski definition) is 1. The predicted molar refractivity (Wildman–Crippen MR) is 60.6 cm³/mol. The first-order valence-electron chi connectivity index (χ1n) is 6.28. The van der Waals surface area contributed by atoms with Gasteiger partial charge in [-0.15, -0.1) is 0 Å². The average Bonchev–Trinajstić information content (AvgIpc) is 2.68. The van der Waals surface area contributed by atoms with Crippen molar-refractivity contribution in [2.24, 2.45) is 0 Å². The summed E-state index contributed by atoms with van der Waals surface area (Å²) in [6.07, 6.45) is 11.0. The molecule has 2 saturated heterocycles. The minimum absolute atomic E-state index is 1.00. The van der Waals surface area contributed by atoms with Gasteiger partial charge in [0.15, 0.2) is 0 Å². The van der Waals surface area contributed by atoms with Crippen LogP contribution in [-0.2, 0) is 4.74 Å². The van der Waals surface area contributed by atoms with Crippen LogP contribution in [0.15, 0.2) is 0 Å². The maximum atomic E-state index is 5.19. The van der Waals surface area contributed by atoms with Gasteiger partial charge in [0.2, 0.25) is 0 Å². The van der Waals surface area contributed by atoms with Crippen molar-refractivity contribution < 1.29 is 4.74 Å². The van der Waals surface area contributed by atoms with E-state index in [1.807, 2.05) is 0 Å². The van der Waals surface area contributed by atoms with E-state index in [4.69, 9.17) is 4.74 Å². The van der Waals surface area contributed by atoms with E-state index in [2.05, 4.69) is 5.32 Å². The molecule has 14 heavy (non-hydrogen) atoms. The maximum Gasteiger partial charge on any atom is 0.0466 e. The van der Waals surface area contributed by atoms with Crippen LogP contribution in [-0.4, -0.2) is 26.3 Å². The third-order valence-corrected chi connectivity index (χ3v) is 2.78. The van der Waals surface area contributed by atoms with Crippen LogP contribution in [0.3, 0.4) is 0 Å². The van der Waals surface area contributed by atoms with Gasteiger partial charge in [0.25, 0.3) is 0 Å². The molecule has 0 aromatic carbocycles. The zero-order chi connectivity index (χ0) is 9.90. The van der Waals surface area contributed by atoms with Gasteiger partial charge in [-0.2, -0.15) is 0 Å². The Kier molecular flexibility index (Phi) is 8.12. The highest BCUT2D eigenvalue weighted by atomic mass is 16.5. The molecule has 0 aromatic rings. The molecular formula is C12H25NO. The Morgan fingerprint density at radius 2 is 1.07 bits per heavy atom. The fourth-order valence-electron chi connectivity index (χ4n) is 1.84. The predicted octanol–water partition coefficient (Wildman–Crippen LogP) is 2.73. The van der Waals surface area contributed by atoms with E-state index in [0.29, 0.717) is 0 Å². The molecule has 0 radical (unpaired) electrons. The molecule has 2 aliphatic rings. The van der Waals surface area contributed by atoms with Crippen molar-refractivity contribution in [1.82, 2.24) is 5.32 Å². The number of nitrogens with one attached hydrogen (secondary N) is 1. The molecule has 2 aliphatic heterocycles. The van der Waals surface area contributed by atoms with Crippen molar-refractivity contribution in [2.45, 2.75) is 51.4 Å². The van der Waals surface area contributed by atoms with Gasteiger partial charge in [-0.3, -0.25) is 0 Å². The topological polar surface area (TPSA) is 21.3 Å². The second-order valence-electron chi connectivity index (χ2n) is 4.19. The molecule has 0 saturated carbocycles. The van der Waals surface area contributed by atoms with Crippen LogP contribution in [0.4, 0.5) is 0 Å². The van der Waals surface area contributed by atoms with Crippen LogP contribution >= 0.6 is 0 Å². The van der Waals surface area contributed by atoms with Crippen molar-refractivity contribution in [3.8, 4) is 0 Å². The molecule has 0 atom stereocenters. The Hall–Kier alpha value is -0.0800. The molecule has 2 heteroatoms. The zero-order valence-corrected chi connectivity index (χ0v) is 9.39. The highest BCUT2D eigenvalue weighted by Gasteiger charge is 1.95. The summed E-state index contributed by atoms with van der Waals surface area (Å²) in [4.78, 5) is 0. The summed E-state index contributed by atoms with van der Waals surface area (Å²) in [5, 5.41) is 3.35. The monoisotopic (exact) mass is 199 g/mol. The van der Waals surface area contributed by atoms with Gasteiger partial charge in [-0.25, -0.2) is 0 Å². The van der Waals surface area contributed by atoms with Crippen LogP contribution < -0.4 is 5.32 Å². The Bertz CT molecular complexity index is 63.6. The lowest BCUT2D eigenvalue weighted by Gasteiger charge is -1.91. The molecule has 0 aliphatic carbocycles. The summed E-state index contributed by atoms with van der Waals surface area (Å²) >= 11 is 0. The second-order valence-corrected chi connectivity index (χ2v) is 4.19. The first-order chi connectivity index (χ1) is 7.00. The van der Waals surface area contributed by atoms with Crippen molar-refractivity contribution in [3.05, 3.63) is 0 Å². The highest BCUT2D eigenvalue weighted by Crippen LogP contribution is 2.04. The Labute approximate surface area is 88.4 Å². The molecular weight excluding hydrogens is 174 g/mol. The molecule has 2 heterocycles. The highest BCUT2D eigenvalue weighted by molar-refractivity contribution is 4.54. The summed E-state index contributed by atoms with van der Waals surface area (Å²) in [7, 11) is 0. The minimum atomic E-state index is 1.00. The first kappa shape index (κ1) is 12.0. The Balaban J connectivity index is 0.000000140. The molecule has 2 fully saturated rings. The van der Waals surface area contributed by atoms with Crippen molar-refractivity contribution in [2.75, 3.05) is 26.3 Å². The van der Waals surface area contributed by atoms with Gasteiger partial charge in [0, 0.05) is 13.2 Å². The standard InChI is InChI=1S/C6H13N.C6H12O/c2*1-2-4-6-7-5-3-1/h7H,1-6H2;1-6H2. The third kappa shape index (κ3) is 7.34. The van der Waals surface area contributed by atoms with Gasteiger partial charge in [-0.05, 0) is 38.8 Å². The fourth-order valence-corrected chi connectivity index (χ4v) is 1.84. The first-order valence-corrected chi connectivity index (χ1v) is 6.28. The molecule has 0 spiro atoms. The second kappa shape index (κ2) is 9.47. The lowest BCUT2D eigenvalue weighted by Crippen LogP contribution is -2.12. The zero-order valence-electron chi connectivity index (χ0n) is 9.39. The minimum Gasteiger partial charge on any atom is -0.381 e.